The molecule has 0 aliphatic heterocycles. The van der Waals surface area contributed by atoms with E-state index in [-0.39, 0.29) is 11.7 Å². The Kier molecular flexibility index (Phi) is 5.16. The Morgan fingerprint density at radius 1 is 1.28 bits per heavy atom. The number of hydrogen-bond acceptors (Lipinski definition) is 4. The molecule has 4 nitrogen and oxygen atoms in total. The van der Waals surface area contributed by atoms with Crippen LogP contribution >= 0.6 is 0 Å². The largest absolute Gasteiger partial charge is 0.496 e. The summed E-state index contributed by atoms with van der Waals surface area (Å²) in [7, 11) is 3.15. The van der Waals surface area contributed by atoms with E-state index in [1.165, 1.54) is 0 Å². The van der Waals surface area contributed by atoms with Crippen molar-refractivity contribution in [3.63, 3.8) is 0 Å². The minimum absolute atomic E-state index is 0.0376. The Hall–Kier alpha value is -1.55. The van der Waals surface area contributed by atoms with Crippen molar-refractivity contribution in [1.82, 2.24) is 0 Å². The van der Waals surface area contributed by atoms with Crippen LogP contribution in [0.1, 0.15) is 29.3 Å². The monoisotopic (exact) mass is 251 g/mol. The lowest BCUT2D eigenvalue weighted by Crippen LogP contribution is -2.16. The highest BCUT2D eigenvalue weighted by molar-refractivity contribution is 6.00. The molecule has 0 saturated heterocycles. The zero-order valence-electron chi connectivity index (χ0n) is 11.4. The summed E-state index contributed by atoms with van der Waals surface area (Å²) in [6.45, 7) is 4.29. The molecule has 0 heterocycles. The third kappa shape index (κ3) is 3.01. The Morgan fingerprint density at radius 3 is 2.39 bits per heavy atom. The van der Waals surface area contributed by atoms with Crippen LogP contribution in [0.3, 0.4) is 0 Å². The highest BCUT2D eigenvalue weighted by Gasteiger charge is 2.20. The van der Waals surface area contributed by atoms with Crippen LogP contribution in [0.25, 0.3) is 0 Å². The van der Waals surface area contributed by atoms with Gasteiger partial charge >= 0.3 is 0 Å². The van der Waals surface area contributed by atoms with Crippen LogP contribution in [0.15, 0.2) is 12.1 Å². The minimum atomic E-state index is -0.115. The molecule has 4 heteroatoms. The van der Waals surface area contributed by atoms with Crippen molar-refractivity contribution in [1.29, 1.82) is 0 Å². The van der Waals surface area contributed by atoms with E-state index in [1.807, 2.05) is 19.9 Å². The number of rotatable bonds is 6. The normalized spacial score (nSPS) is 12.1. The molecule has 18 heavy (non-hydrogen) atoms. The first-order valence-corrected chi connectivity index (χ1v) is 6.02. The third-order valence-electron chi connectivity index (χ3n) is 3.03. The molecule has 100 valence electrons. The molecule has 2 N–H and O–H groups in total. The molecule has 0 aliphatic carbocycles. The number of hydrogen-bond donors (Lipinski definition) is 1. The summed E-state index contributed by atoms with van der Waals surface area (Å²) in [6, 6.07) is 3.56. The van der Waals surface area contributed by atoms with Crippen LogP contribution in [-0.4, -0.2) is 26.5 Å². The van der Waals surface area contributed by atoms with Gasteiger partial charge in [0.05, 0.1) is 19.8 Å². The molecule has 0 amide bonds. The molecule has 0 spiro atoms. The molecular weight excluding hydrogens is 230 g/mol. The van der Waals surface area contributed by atoms with E-state index in [0.29, 0.717) is 30.0 Å². The van der Waals surface area contributed by atoms with Gasteiger partial charge in [0.25, 0.3) is 0 Å². The van der Waals surface area contributed by atoms with Crippen molar-refractivity contribution >= 4 is 5.78 Å². The van der Waals surface area contributed by atoms with Crippen LogP contribution in [0, 0.1) is 12.8 Å². The number of nitrogens with two attached hydrogens (primary N) is 1. The van der Waals surface area contributed by atoms with Crippen molar-refractivity contribution in [3.8, 4) is 11.5 Å². The third-order valence-corrected chi connectivity index (χ3v) is 3.03. The van der Waals surface area contributed by atoms with E-state index in [0.717, 1.165) is 5.56 Å². The SMILES string of the molecule is COc1cc(C(=O)C(C)CCN)c(OC)cc1C. The highest BCUT2D eigenvalue weighted by atomic mass is 16.5. The average molecular weight is 251 g/mol. The Morgan fingerprint density at radius 2 is 1.89 bits per heavy atom. The van der Waals surface area contributed by atoms with Gasteiger partial charge in [0, 0.05) is 5.92 Å². The molecule has 1 unspecified atom stereocenters. The summed E-state index contributed by atoms with van der Waals surface area (Å²) in [5.74, 6) is 1.20. The maximum atomic E-state index is 12.3. The van der Waals surface area contributed by atoms with Crippen molar-refractivity contribution in [3.05, 3.63) is 23.3 Å². The molecule has 0 saturated carbocycles. The molecule has 1 aromatic carbocycles. The van der Waals surface area contributed by atoms with Gasteiger partial charge in [-0.2, -0.15) is 0 Å². The van der Waals surface area contributed by atoms with E-state index in [2.05, 4.69) is 0 Å². The zero-order chi connectivity index (χ0) is 13.7. The summed E-state index contributed by atoms with van der Waals surface area (Å²) in [5, 5.41) is 0. The first-order chi connectivity index (χ1) is 8.54. The van der Waals surface area contributed by atoms with Crippen LogP contribution in [0.5, 0.6) is 11.5 Å². The number of aryl methyl sites for hydroxylation is 1. The summed E-state index contributed by atoms with van der Waals surface area (Å²) in [5.41, 5.74) is 6.99. The first kappa shape index (κ1) is 14.5. The fraction of sp³-hybridized carbons (Fsp3) is 0.500. The molecular formula is C14H21NO3. The van der Waals surface area contributed by atoms with Crippen molar-refractivity contribution in [2.45, 2.75) is 20.3 Å². The average Bonchev–Trinajstić information content (AvgIpc) is 2.37. The fourth-order valence-electron chi connectivity index (χ4n) is 1.89. The predicted octanol–water partition coefficient (Wildman–Crippen LogP) is 2.18. The summed E-state index contributed by atoms with van der Waals surface area (Å²) >= 11 is 0. The summed E-state index contributed by atoms with van der Waals surface area (Å²) < 4.78 is 10.5. The van der Waals surface area contributed by atoms with Gasteiger partial charge in [0.1, 0.15) is 11.5 Å². The number of ether oxygens (including phenoxy) is 2. The Labute approximate surface area is 108 Å². The fourth-order valence-corrected chi connectivity index (χ4v) is 1.89. The van der Waals surface area contributed by atoms with Crippen molar-refractivity contribution in [2.24, 2.45) is 11.7 Å². The number of ketones is 1. The number of benzene rings is 1. The summed E-state index contributed by atoms with van der Waals surface area (Å²) in [6.07, 6.45) is 0.665. The molecule has 1 rings (SSSR count). The van der Waals surface area contributed by atoms with Gasteiger partial charge in [-0.15, -0.1) is 0 Å². The Balaban J connectivity index is 3.17. The molecule has 0 fully saturated rings. The molecule has 0 bridgehead atoms. The van der Waals surface area contributed by atoms with Gasteiger partial charge < -0.3 is 15.2 Å². The Bertz CT molecular complexity index is 429. The van der Waals surface area contributed by atoms with Gasteiger partial charge in [-0.3, -0.25) is 4.79 Å². The van der Waals surface area contributed by atoms with Crippen LogP contribution in [-0.2, 0) is 0 Å². The lowest BCUT2D eigenvalue weighted by Gasteiger charge is -2.15. The van der Waals surface area contributed by atoms with Crippen molar-refractivity contribution in [2.75, 3.05) is 20.8 Å². The van der Waals surface area contributed by atoms with E-state index in [9.17, 15) is 4.79 Å². The van der Waals surface area contributed by atoms with Crippen LogP contribution < -0.4 is 15.2 Å². The van der Waals surface area contributed by atoms with Gasteiger partial charge in [-0.05, 0) is 37.6 Å². The molecule has 0 aliphatic rings. The predicted molar refractivity (Wildman–Crippen MR) is 71.4 cm³/mol. The molecule has 0 aromatic heterocycles. The van der Waals surface area contributed by atoms with Crippen molar-refractivity contribution < 1.29 is 14.3 Å². The van der Waals surface area contributed by atoms with E-state index >= 15 is 0 Å². The van der Waals surface area contributed by atoms with Gasteiger partial charge in [-0.1, -0.05) is 6.92 Å². The standard InChI is InChI=1S/C14H21NO3/c1-9(5-6-15)14(16)11-8-12(17-3)10(2)7-13(11)18-4/h7-9H,5-6,15H2,1-4H3. The molecule has 0 radical (unpaired) electrons. The first-order valence-electron chi connectivity index (χ1n) is 6.02. The van der Waals surface area contributed by atoms with Gasteiger partial charge in [0.15, 0.2) is 5.78 Å². The van der Waals surface area contributed by atoms with Crippen LogP contribution in [0.2, 0.25) is 0 Å². The van der Waals surface area contributed by atoms with E-state index in [1.54, 1.807) is 20.3 Å². The highest BCUT2D eigenvalue weighted by Crippen LogP contribution is 2.30. The minimum Gasteiger partial charge on any atom is -0.496 e. The lowest BCUT2D eigenvalue weighted by atomic mass is 9.94. The maximum absolute atomic E-state index is 12.3. The van der Waals surface area contributed by atoms with E-state index in [4.69, 9.17) is 15.2 Å². The van der Waals surface area contributed by atoms with Crippen LogP contribution in [0.4, 0.5) is 0 Å². The molecule has 1 atom stereocenters. The number of Topliss-reactive ketones (excluding diaryl/α,β-unsaturated/α-hetero) is 1. The zero-order valence-corrected chi connectivity index (χ0v) is 11.4. The van der Waals surface area contributed by atoms with Gasteiger partial charge in [-0.25, -0.2) is 0 Å². The smallest absolute Gasteiger partial charge is 0.169 e. The molecule has 1 aromatic rings. The van der Waals surface area contributed by atoms with E-state index < -0.39 is 0 Å². The second kappa shape index (κ2) is 6.40. The topological polar surface area (TPSA) is 61.5 Å². The lowest BCUT2D eigenvalue weighted by molar-refractivity contribution is 0.0922. The second-order valence-corrected chi connectivity index (χ2v) is 4.36. The number of carbonyl (C=O) groups is 1. The maximum Gasteiger partial charge on any atom is 0.169 e. The number of carbonyl (C=O) groups excluding carboxylic acids is 1. The number of methoxy groups -OCH3 is 2. The second-order valence-electron chi connectivity index (χ2n) is 4.36. The summed E-state index contributed by atoms with van der Waals surface area (Å²) in [4.78, 5) is 12.3. The quantitative estimate of drug-likeness (QED) is 0.787. The van der Waals surface area contributed by atoms with Gasteiger partial charge in [0.2, 0.25) is 0 Å².